The minimum atomic E-state index is -0.570. The molecule has 200 valence electrons. The van der Waals surface area contributed by atoms with Crippen LogP contribution in [0.15, 0.2) is 91.1 Å². The van der Waals surface area contributed by atoms with E-state index in [1.54, 1.807) is 29.2 Å². The molecule has 2 aromatic heterocycles. The second-order valence-corrected chi connectivity index (χ2v) is 9.81. The third-order valence-corrected chi connectivity index (χ3v) is 7.31. The Kier molecular flexibility index (Phi) is 5.77. The highest BCUT2D eigenvalue weighted by molar-refractivity contribution is 5.90. The van der Waals surface area contributed by atoms with Gasteiger partial charge < -0.3 is 24.3 Å². The molecular formula is C31H26FN5O3. The molecule has 0 spiro atoms. The quantitative estimate of drug-likeness (QED) is 0.307. The number of aromatic nitrogens is 3. The summed E-state index contributed by atoms with van der Waals surface area (Å²) < 4.78 is 29.8. The lowest BCUT2D eigenvalue weighted by atomic mass is 10.0. The number of benzene rings is 3. The standard InChI is InChI=1S/C31H26FN5O3/c1-20-25-19-36(31(38)33-23-12-13-27-28(18-23)40-16-15-39-27)29(21-7-5-8-22(32)17-21)26-11-6-14-35(26)30(25)37(34-20)24-9-3-2-4-10-24/h2-14,17-18,29H,15-16,19H2,1H3,(H,33,38). The van der Waals surface area contributed by atoms with Gasteiger partial charge in [-0.15, -0.1) is 0 Å². The smallest absolute Gasteiger partial charge is 0.322 e. The van der Waals surface area contributed by atoms with Crippen LogP contribution in [0, 0.1) is 12.7 Å². The van der Waals surface area contributed by atoms with E-state index < -0.39 is 6.04 Å². The minimum absolute atomic E-state index is 0.257. The third kappa shape index (κ3) is 4.07. The summed E-state index contributed by atoms with van der Waals surface area (Å²) in [5.41, 5.74) is 4.66. The lowest BCUT2D eigenvalue weighted by molar-refractivity contribution is 0.171. The van der Waals surface area contributed by atoms with Crippen molar-refractivity contribution in [1.29, 1.82) is 0 Å². The van der Waals surface area contributed by atoms with E-state index in [1.165, 1.54) is 12.1 Å². The fourth-order valence-electron chi connectivity index (χ4n) is 5.49. The molecule has 40 heavy (non-hydrogen) atoms. The van der Waals surface area contributed by atoms with Gasteiger partial charge in [0.25, 0.3) is 0 Å². The molecule has 7 rings (SSSR count). The van der Waals surface area contributed by atoms with Crippen LogP contribution < -0.4 is 14.8 Å². The Bertz CT molecular complexity index is 1730. The minimum Gasteiger partial charge on any atom is -0.486 e. The number of rotatable bonds is 3. The summed E-state index contributed by atoms with van der Waals surface area (Å²) in [7, 11) is 0. The highest BCUT2D eigenvalue weighted by Crippen LogP contribution is 2.39. The second-order valence-electron chi connectivity index (χ2n) is 9.81. The zero-order chi connectivity index (χ0) is 27.2. The summed E-state index contributed by atoms with van der Waals surface area (Å²) in [6, 6.07) is 24.6. The Balaban J connectivity index is 1.36. The number of aryl methyl sites for hydroxylation is 1. The van der Waals surface area contributed by atoms with Crippen LogP contribution in [0.25, 0.3) is 11.5 Å². The Morgan fingerprint density at radius 2 is 1.77 bits per heavy atom. The first kappa shape index (κ1) is 24.0. The van der Waals surface area contributed by atoms with Crippen LogP contribution in [0.2, 0.25) is 0 Å². The maximum Gasteiger partial charge on any atom is 0.322 e. The Hall–Kier alpha value is -5.05. The summed E-state index contributed by atoms with van der Waals surface area (Å²) in [4.78, 5) is 15.8. The van der Waals surface area contributed by atoms with Gasteiger partial charge in [-0.25, -0.2) is 13.9 Å². The van der Waals surface area contributed by atoms with Crippen molar-refractivity contribution in [3.63, 3.8) is 0 Å². The number of urea groups is 1. The number of carbonyl (C=O) groups is 1. The average molecular weight is 536 g/mol. The number of fused-ring (bicyclic) bond motifs is 4. The normalized spacial score (nSPS) is 15.7. The van der Waals surface area contributed by atoms with Crippen molar-refractivity contribution in [1.82, 2.24) is 19.2 Å². The Labute approximate surface area is 230 Å². The molecule has 2 aliphatic heterocycles. The number of halogens is 1. The molecule has 1 N–H and O–H groups in total. The van der Waals surface area contributed by atoms with Crippen molar-refractivity contribution in [3.8, 4) is 23.0 Å². The van der Waals surface area contributed by atoms with Crippen LogP contribution >= 0.6 is 0 Å². The van der Waals surface area contributed by atoms with Crippen molar-refractivity contribution in [2.75, 3.05) is 18.5 Å². The molecule has 0 radical (unpaired) electrons. The van der Waals surface area contributed by atoms with Crippen LogP contribution in [0.4, 0.5) is 14.9 Å². The fourth-order valence-corrected chi connectivity index (χ4v) is 5.49. The molecule has 1 atom stereocenters. The molecule has 1 unspecified atom stereocenters. The van der Waals surface area contributed by atoms with E-state index in [9.17, 15) is 9.18 Å². The molecular weight excluding hydrogens is 509 g/mol. The van der Waals surface area contributed by atoms with Crippen LogP contribution in [0.1, 0.15) is 28.6 Å². The van der Waals surface area contributed by atoms with E-state index in [1.807, 2.05) is 66.3 Å². The van der Waals surface area contributed by atoms with Gasteiger partial charge in [-0.05, 0) is 61.0 Å². The van der Waals surface area contributed by atoms with Gasteiger partial charge >= 0.3 is 6.03 Å². The topological polar surface area (TPSA) is 73.6 Å². The molecule has 0 bridgehead atoms. The average Bonchev–Trinajstić information content (AvgIpc) is 3.53. The van der Waals surface area contributed by atoms with E-state index in [0.29, 0.717) is 36.0 Å². The molecule has 0 saturated carbocycles. The van der Waals surface area contributed by atoms with Crippen molar-refractivity contribution in [2.45, 2.75) is 19.5 Å². The Morgan fingerprint density at radius 1 is 0.950 bits per heavy atom. The summed E-state index contributed by atoms with van der Waals surface area (Å²) in [6.45, 7) is 3.14. The van der Waals surface area contributed by atoms with E-state index in [2.05, 4.69) is 9.88 Å². The predicted molar refractivity (Wildman–Crippen MR) is 148 cm³/mol. The number of hydrogen-bond donors (Lipinski definition) is 1. The lowest BCUT2D eigenvalue weighted by Gasteiger charge is -2.31. The highest BCUT2D eigenvalue weighted by atomic mass is 19.1. The molecule has 0 fully saturated rings. The summed E-state index contributed by atoms with van der Waals surface area (Å²) in [5, 5.41) is 7.90. The van der Waals surface area contributed by atoms with Crippen LogP contribution in [-0.4, -0.2) is 38.5 Å². The van der Waals surface area contributed by atoms with Crippen molar-refractivity contribution < 1.29 is 18.7 Å². The molecule has 3 aromatic carbocycles. The molecule has 5 aromatic rings. The molecule has 8 nitrogen and oxygen atoms in total. The number of para-hydroxylation sites is 1. The molecule has 0 aliphatic carbocycles. The van der Waals surface area contributed by atoms with E-state index >= 15 is 0 Å². The second kappa shape index (κ2) is 9.60. The van der Waals surface area contributed by atoms with Crippen LogP contribution in [0.5, 0.6) is 11.5 Å². The zero-order valence-corrected chi connectivity index (χ0v) is 21.8. The summed E-state index contributed by atoms with van der Waals surface area (Å²) >= 11 is 0. The highest BCUT2D eigenvalue weighted by Gasteiger charge is 2.36. The maximum atomic E-state index is 14.5. The Morgan fingerprint density at radius 3 is 2.60 bits per heavy atom. The van der Waals surface area contributed by atoms with Gasteiger partial charge in [-0.2, -0.15) is 5.10 Å². The number of hydrogen-bond acceptors (Lipinski definition) is 4. The van der Waals surface area contributed by atoms with Gasteiger partial charge in [0.2, 0.25) is 0 Å². The molecule has 9 heteroatoms. The molecule has 2 aliphatic rings. The van der Waals surface area contributed by atoms with Gasteiger partial charge in [0.15, 0.2) is 11.5 Å². The first-order valence-corrected chi connectivity index (χ1v) is 13.1. The number of nitrogens with one attached hydrogen (secondary N) is 1. The maximum absolute atomic E-state index is 14.5. The largest absolute Gasteiger partial charge is 0.486 e. The zero-order valence-electron chi connectivity index (χ0n) is 21.8. The van der Waals surface area contributed by atoms with Gasteiger partial charge in [-0.1, -0.05) is 30.3 Å². The first-order chi connectivity index (χ1) is 19.6. The fraction of sp³-hybridized carbons (Fsp3) is 0.161. The van der Waals surface area contributed by atoms with Crippen molar-refractivity contribution in [3.05, 3.63) is 119 Å². The lowest BCUT2D eigenvalue weighted by Crippen LogP contribution is -2.38. The summed E-state index contributed by atoms with van der Waals surface area (Å²) in [6.07, 6.45) is 1.96. The van der Waals surface area contributed by atoms with E-state index in [-0.39, 0.29) is 18.4 Å². The third-order valence-electron chi connectivity index (χ3n) is 7.31. The number of anilines is 1. The monoisotopic (exact) mass is 535 g/mol. The number of amides is 2. The predicted octanol–water partition coefficient (Wildman–Crippen LogP) is 6.02. The SMILES string of the molecule is Cc1nn(-c2ccccc2)c2c1CN(C(=O)Nc1ccc3c(c1)OCCO3)C(c1cccc(F)c1)c1cccn1-2. The van der Waals surface area contributed by atoms with Crippen LogP contribution in [0.3, 0.4) is 0 Å². The van der Waals surface area contributed by atoms with Crippen molar-refractivity contribution in [2.24, 2.45) is 0 Å². The van der Waals surface area contributed by atoms with E-state index in [4.69, 9.17) is 14.6 Å². The van der Waals surface area contributed by atoms with Gasteiger partial charge in [0.1, 0.15) is 24.8 Å². The van der Waals surface area contributed by atoms with Crippen LogP contribution in [-0.2, 0) is 6.54 Å². The molecule has 2 amide bonds. The number of ether oxygens (including phenoxy) is 2. The van der Waals surface area contributed by atoms with Crippen molar-refractivity contribution >= 4 is 11.7 Å². The molecule has 4 heterocycles. The first-order valence-electron chi connectivity index (χ1n) is 13.1. The summed E-state index contributed by atoms with van der Waals surface area (Å²) in [5.74, 6) is 1.71. The van der Waals surface area contributed by atoms with Gasteiger partial charge in [0, 0.05) is 23.5 Å². The van der Waals surface area contributed by atoms with Gasteiger partial charge in [-0.3, -0.25) is 0 Å². The molecule has 0 saturated heterocycles. The number of carbonyl (C=O) groups excluding carboxylic acids is 1. The van der Waals surface area contributed by atoms with E-state index in [0.717, 1.165) is 28.5 Å². The van der Waals surface area contributed by atoms with Gasteiger partial charge in [0.05, 0.1) is 29.7 Å². The number of nitrogens with zero attached hydrogens (tertiary/aromatic N) is 4.